The molecule has 3 heteroatoms. The van der Waals surface area contributed by atoms with E-state index in [2.05, 4.69) is 47.5 Å². The molecule has 0 saturated carbocycles. The van der Waals surface area contributed by atoms with Crippen LogP contribution in [-0.2, 0) is 11.3 Å². The fourth-order valence-electron chi connectivity index (χ4n) is 2.08. The van der Waals surface area contributed by atoms with Crippen molar-refractivity contribution in [3.05, 3.63) is 35.9 Å². The fraction of sp³-hybridized carbons (Fsp3) is 0.625. The third-order valence-electron chi connectivity index (χ3n) is 3.26. The molecule has 0 amide bonds. The highest BCUT2D eigenvalue weighted by molar-refractivity contribution is 5.14. The van der Waals surface area contributed by atoms with Crippen molar-refractivity contribution in [2.45, 2.75) is 26.3 Å². The van der Waals surface area contributed by atoms with Gasteiger partial charge in [0.1, 0.15) is 0 Å². The summed E-state index contributed by atoms with van der Waals surface area (Å²) in [6, 6.07) is 10.7. The standard InChI is InChI=1S/C16H28N2O/c1-3-18(15-16-9-5-4-6-10-16)13-8-7-11-17-12-14-19-2/h4-6,9-10,17H,3,7-8,11-15H2,1-2H3. The molecule has 1 N–H and O–H groups in total. The van der Waals surface area contributed by atoms with E-state index in [0.29, 0.717) is 0 Å². The van der Waals surface area contributed by atoms with E-state index in [0.717, 1.165) is 32.8 Å². The maximum atomic E-state index is 5.00. The zero-order valence-corrected chi connectivity index (χ0v) is 12.4. The smallest absolute Gasteiger partial charge is 0.0587 e. The van der Waals surface area contributed by atoms with Crippen molar-refractivity contribution in [3.63, 3.8) is 0 Å². The number of ether oxygens (including phenoxy) is 1. The molecule has 0 heterocycles. The summed E-state index contributed by atoms with van der Waals surface area (Å²) in [6.07, 6.45) is 2.48. The second kappa shape index (κ2) is 11.0. The summed E-state index contributed by atoms with van der Waals surface area (Å²) in [4.78, 5) is 2.50. The lowest BCUT2D eigenvalue weighted by atomic mass is 10.2. The van der Waals surface area contributed by atoms with Crippen molar-refractivity contribution in [2.75, 3.05) is 39.9 Å². The summed E-state index contributed by atoms with van der Waals surface area (Å²) in [5.74, 6) is 0. The SMILES string of the molecule is CCN(CCCCNCCOC)Cc1ccccc1. The Kier molecular flexibility index (Phi) is 9.33. The van der Waals surface area contributed by atoms with Crippen LogP contribution in [0.5, 0.6) is 0 Å². The van der Waals surface area contributed by atoms with Gasteiger partial charge in [0, 0.05) is 20.2 Å². The molecule has 0 radical (unpaired) electrons. The minimum Gasteiger partial charge on any atom is -0.383 e. The summed E-state index contributed by atoms with van der Waals surface area (Å²) in [7, 11) is 1.74. The number of nitrogens with zero attached hydrogens (tertiary/aromatic N) is 1. The van der Waals surface area contributed by atoms with Crippen molar-refractivity contribution in [1.29, 1.82) is 0 Å². The van der Waals surface area contributed by atoms with Crippen LogP contribution < -0.4 is 5.32 Å². The van der Waals surface area contributed by atoms with Crippen LogP contribution in [0.25, 0.3) is 0 Å². The van der Waals surface area contributed by atoms with Gasteiger partial charge in [0.15, 0.2) is 0 Å². The van der Waals surface area contributed by atoms with Gasteiger partial charge in [-0.05, 0) is 38.0 Å². The molecular formula is C16H28N2O. The molecule has 3 nitrogen and oxygen atoms in total. The van der Waals surface area contributed by atoms with E-state index in [1.165, 1.54) is 24.9 Å². The lowest BCUT2D eigenvalue weighted by molar-refractivity contribution is 0.199. The first kappa shape index (κ1) is 16.2. The van der Waals surface area contributed by atoms with Crippen LogP contribution in [-0.4, -0.2) is 44.8 Å². The number of unbranched alkanes of at least 4 members (excludes halogenated alkanes) is 1. The molecule has 0 unspecified atom stereocenters. The molecule has 1 rings (SSSR count). The highest BCUT2D eigenvalue weighted by Gasteiger charge is 2.02. The van der Waals surface area contributed by atoms with Crippen LogP contribution >= 0.6 is 0 Å². The second-order valence-corrected chi connectivity index (χ2v) is 4.80. The Bertz CT molecular complexity index is 303. The van der Waals surface area contributed by atoms with Crippen LogP contribution in [0.15, 0.2) is 30.3 Å². The molecule has 0 fully saturated rings. The van der Waals surface area contributed by atoms with Crippen molar-refractivity contribution in [2.24, 2.45) is 0 Å². The van der Waals surface area contributed by atoms with Crippen molar-refractivity contribution < 1.29 is 4.74 Å². The fourth-order valence-corrected chi connectivity index (χ4v) is 2.08. The summed E-state index contributed by atoms with van der Waals surface area (Å²) in [5.41, 5.74) is 1.41. The van der Waals surface area contributed by atoms with E-state index in [1.54, 1.807) is 7.11 Å². The first-order chi connectivity index (χ1) is 9.36. The molecule has 0 bridgehead atoms. The maximum Gasteiger partial charge on any atom is 0.0587 e. The quantitative estimate of drug-likeness (QED) is 0.622. The Hall–Kier alpha value is -0.900. The predicted octanol–water partition coefficient (Wildman–Crippen LogP) is 2.52. The average molecular weight is 264 g/mol. The van der Waals surface area contributed by atoms with Gasteiger partial charge < -0.3 is 10.1 Å². The van der Waals surface area contributed by atoms with Crippen LogP contribution in [0.2, 0.25) is 0 Å². The Morgan fingerprint density at radius 1 is 1.11 bits per heavy atom. The second-order valence-electron chi connectivity index (χ2n) is 4.80. The number of benzene rings is 1. The van der Waals surface area contributed by atoms with Crippen LogP contribution in [0.4, 0.5) is 0 Å². The van der Waals surface area contributed by atoms with Crippen LogP contribution in [0, 0.1) is 0 Å². The third-order valence-corrected chi connectivity index (χ3v) is 3.26. The number of hydrogen-bond donors (Lipinski definition) is 1. The minimum absolute atomic E-state index is 0.801. The molecule has 0 aromatic heterocycles. The molecule has 0 spiro atoms. The zero-order chi connectivity index (χ0) is 13.8. The molecule has 0 atom stereocenters. The van der Waals surface area contributed by atoms with Crippen LogP contribution in [0.1, 0.15) is 25.3 Å². The largest absolute Gasteiger partial charge is 0.383 e. The van der Waals surface area contributed by atoms with Gasteiger partial charge in [-0.15, -0.1) is 0 Å². The average Bonchev–Trinajstić information content (AvgIpc) is 2.46. The normalized spacial score (nSPS) is 11.1. The molecule has 0 aliphatic carbocycles. The lowest BCUT2D eigenvalue weighted by Gasteiger charge is -2.20. The van der Waals surface area contributed by atoms with Gasteiger partial charge >= 0.3 is 0 Å². The molecule has 1 aromatic carbocycles. The Balaban J connectivity index is 2.09. The van der Waals surface area contributed by atoms with E-state index >= 15 is 0 Å². The van der Waals surface area contributed by atoms with Crippen molar-refractivity contribution in [1.82, 2.24) is 10.2 Å². The van der Waals surface area contributed by atoms with E-state index in [1.807, 2.05) is 0 Å². The zero-order valence-electron chi connectivity index (χ0n) is 12.4. The van der Waals surface area contributed by atoms with E-state index < -0.39 is 0 Å². The van der Waals surface area contributed by atoms with Crippen molar-refractivity contribution >= 4 is 0 Å². The van der Waals surface area contributed by atoms with Gasteiger partial charge in [-0.25, -0.2) is 0 Å². The molecule has 0 aliphatic rings. The molecule has 108 valence electrons. The van der Waals surface area contributed by atoms with E-state index in [-0.39, 0.29) is 0 Å². The first-order valence-corrected chi connectivity index (χ1v) is 7.32. The lowest BCUT2D eigenvalue weighted by Crippen LogP contribution is -2.25. The molecule has 0 aliphatic heterocycles. The highest BCUT2D eigenvalue weighted by Crippen LogP contribution is 2.05. The van der Waals surface area contributed by atoms with Gasteiger partial charge in [-0.3, -0.25) is 4.90 Å². The Labute approximate surface area is 118 Å². The van der Waals surface area contributed by atoms with Gasteiger partial charge in [0.2, 0.25) is 0 Å². The Morgan fingerprint density at radius 3 is 2.58 bits per heavy atom. The Morgan fingerprint density at radius 2 is 1.89 bits per heavy atom. The van der Waals surface area contributed by atoms with Gasteiger partial charge in [-0.2, -0.15) is 0 Å². The third kappa shape index (κ3) is 7.98. The number of methoxy groups -OCH3 is 1. The van der Waals surface area contributed by atoms with Gasteiger partial charge in [0.25, 0.3) is 0 Å². The number of hydrogen-bond acceptors (Lipinski definition) is 3. The summed E-state index contributed by atoms with van der Waals surface area (Å²) in [6.45, 7) is 8.44. The highest BCUT2D eigenvalue weighted by atomic mass is 16.5. The first-order valence-electron chi connectivity index (χ1n) is 7.32. The van der Waals surface area contributed by atoms with Crippen molar-refractivity contribution in [3.8, 4) is 0 Å². The molecular weight excluding hydrogens is 236 g/mol. The molecule has 1 aromatic rings. The van der Waals surface area contributed by atoms with Crippen LogP contribution in [0.3, 0.4) is 0 Å². The topological polar surface area (TPSA) is 24.5 Å². The van der Waals surface area contributed by atoms with E-state index in [9.17, 15) is 0 Å². The predicted molar refractivity (Wildman–Crippen MR) is 81.4 cm³/mol. The number of rotatable bonds is 11. The maximum absolute atomic E-state index is 5.00. The molecule has 19 heavy (non-hydrogen) atoms. The summed E-state index contributed by atoms with van der Waals surface area (Å²) < 4.78 is 5.00. The minimum atomic E-state index is 0.801. The number of nitrogens with one attached hydrogen (secondary N) is 1. The summed E-state index contributed by atoms with van der Waals surface area (Å²) in [5, 5.41) is 3.38. The van der Waals surface area contributed by atoms with Gasteiger partial charge in [-0.1, -0.05) is 37.3 Å². The summed E-state index contributed by atoms with van der Waals surface area (Å²) >= 11 is 0. The monoisotopic (exact) mass is 264 g/mol. The van der Waals surface area contributed by atoms with E-state index in [4.69, 9.17) is 4.74 Å². The molecule has 0 saturated heterocycles. The van der Waals surface area contributed by atoms with Gasteiger partial charge in [0.05, 0.1) is 6.61 Å².